The molecule has 0 N–H and O–H groups in total. The minimum Gasteiger partial charge on any atom is -0.0759 e. The molecule has 4 rings (SSSR count). The summed E-state index contributed by atoms with van der Waals surface area (Å²) in [6.45, 7) is 6.73. The van der Waals surface area contributed by atoms with Crippen molar-refractivity contribution in [3.8, 4) is 0 Å². The van der Waals surface area contributed by atoms with Crippen molar-refractivity contribution in [1.29, 1.82) is 0 Å². The molecule has 0 amide bonds. The van der Waals surface area contributed by atoms with Gasteiger partial charge in [0.05, 0.1) is 0 Å². The molecule has 3 aromatic rings. The van der Waals surface area contributed by atoms with Gasteiger partial charge in [-0.3, -0.25) is 0 Å². The lowest BCUT2D eigenvalue weighted by Crippen LogP contribution is -1.96. The molecule has 0 atom stereocenters. The molecule has 1 aliphatic rings. The minimum atomic E-state index is 1.01. The summed E-state index contributed by atoms with van der Waals surface area (Å²) in [4.78, 5) is 0. The first-order chi connectivity index (χ1) is 13.7. The molecule has 0 unspecified atom stereocenters. The summed E-state index contributed by atoms with van der Waals surface area (Å²) in [6.07, 6.45) is 7.78. The predicted octanol–water partition coefficient (Wildman–Crippen LogP) is 6.89. The molecular formula is C28H30. The van der Waals surface area contributed by atoms with Crippen molar-refractivity contribution in [2.75, 3.05) is 0 Å². The number of hydrogen-bond donors (Lipinski definition) is 0. The molecule has 28 heavy (non-hydrogen) atoms. The maximum absolute atomic E-state index is 2.42. The first-order valence-corrected chi connectivity index (χ1v) is 10.6. The Morgan fingerprint density at radius 2 is 1.43 bits per heavy atom. The van der Waals surface area contributed by atoms with E-state index in [9.17, 15) is 0 Å². The van der Waals surface area contributed by atoms with Crippen LogP contribution >= 0.6 is 0 Å². The van der Waals surface area contributed by atoms with Crippen LogP contribution in [0, 0.1) is 6.92 Å². The lowest BCUT2D eigenvalue weighted by Gasteiger charge is -2.11. The predicted molar refractivity (Wildman–Crippen MR) is 121 cm³/mol. The van der Waals surface area contributed by atoms with Gasteiger partial charge >= 0.3 is 0 Å². The Bertz CT molecular complexity index is 1020. The van der Waals surface area contributed by atoms with Crippen molar-refractivity contribution in [1.82, 2.24) is 0 Å². The SMILES string of the molecule is CCc1ccc(Cc2cccc(CC3=CCc4c(C)cccc43)c2)cc1CC. The van der Waals surface area contributed by atoms with Gasteiger partial charge < -0.3 is 0 Å². The van der Waals surface area contributed by atoms with E-state index in [0.29, 0.717) is 0 Å². The second-order valence-electron chi connectivity index (χ2n) is 8.02. The quantitative estimate of drug-likeness (QED) is 0.445. The van der Waals surface area contributed by atoms with Crippen molar-refractivity contribution in [3.05, 3.63) is 111 Å². The average molecular weight is 367 g/mol. The molecule has 0 heterocycles. The summed E-state index contributed by atoms with van der Waals surface area (Å²) < 4.78 is 0. The maximum atomic E-state index is 2.42. The second-order valence-corrected chi connectivity index (χ2v) is 8.02. The highest BCUT2D eigenvalue weighted by molar-refractivity contribution is 5.75. The number of aryl methyl sites for hydroxylation is 3. The molecule has 0 fully saturated rings. The van der Waals surface area contributed by atoms with Gasteiger partial charge in [-0.15, -0.1) is 0 Å². The van der Waals surface area contributed by atoms with Gasteiger partial charge in [0.2, 0.25) is 0 Å². The van der Waals surface area contributed by atoms with Crippen molar-refractivity contribution < 1.29 is 0 Å². The number of rotatable bonds is 6. The van der Waals surface area contributed by atoms with Gasteiger partial charge in [0.1, 0.15) is 0 Å². The molecule has 0 radical (unpaired) electrons. The number of fused-ring (bicyclic) bond motifs is 1. The Morgan fingerprint density at radius 3 is 2.21 bits per heavy atom. The summed E-state index contributed by atoms with van der Waals surface area (Å²) in [5.41, 5.74) is 13.1. The smallest absolute Gasteiger partial charge is 0.00227 e. The van der Waals surface area contributed by atoms with E-state index in [1.165, 1.54) is 50.1 Å². The molecule has 142 valence electrons. The maximum Gasteiger partial charge on any atom is -0.00227 e. The molecule has 3 aromatic carbocycles. The third-order valence-corrected chi connectivity index (χ3v) is 6.14. The van der Waals surface area contributed by atoms with Gasteiger partial charge in [0, 0.05) is 0 Å². The molecule has 1 aliphatic carbocycles. The van der Waals surface area contributed by atoms with E-state index in [4.69, 9.17) is 0 Å². The zero-order chi connectivity index (χ0) is 19.5. The van der Waals surface area contributed by atoms with E-state index in [2.05, 4.69) is 87.5 Å². The Morgan fingerprint density at radius 1 is 0.714 bits per heavy atom. The van der Waals surface area contributed by atoms with Crippen LogP contribution in [-0.4, -0.2) is 0 Å². The van der Waals surface area contributed by atoms with Crippen molar-refractivity contribution in [2.24, 2.45) is 0 Å². The Labute approximate surface area is 169 Å². The van der Waals surface area contributed by atoms with Crippen LogP contribution in [0.25, 0.3) is 5.57 Å². The van der Waals surface area contributed by atoms with E-state index >= 15 is 0 Å². The van der Waals surface area contributed by atoms with Crippen LogP contribution in [0.2, 0.25) is 0 Å². The van der Waals surface area contributed by atoms with Crippen molar-refractivity contribution >= 4 is 5.57 Å². The third-order valence-electron chi connectivity index (χ3n) is 6.14. The largest absolute Gasteiger partial charge is 0.0759 e. The highest BCUT2D eigenvalue weighted by atomic mass is 14.2. The number of hydrogen-bond acceptors (Lipinski definition) is 0. The molecule has 0 saturated carbocycles. The van der Waals surface area contributed by atoms with E-state index < -0.39 is 0 Å². The Kier molecular flexibility index (Phi) is 5.48. The first-order valence-electron chi connectivity index (χ1n) is 10.6. The topological polar surface area (TPSA) is 0 Å². The van der Waals surface area contributed by atoms with Crippen molar-refractivity contribution in [2.45, 2.75) is 52.9 Å². The standard InChI is InChI=1S/C28H30/c1-4-24-13-12-23(18-25(24)5-2)17-21-9-7-10-22(16-21)19-26-14-15-27-20(3)8-6-11-28(26)27/h6-14,16,18H,4-5,15,17,19H2,1-3H3. The van der Waals surface area contributed by atoms with Gasteiger partial charge in [0.15, 0.2) is 0 Å². The number of benzene rings is 3. The fraction of sp³-hybridized carbons (Fsp3) is 0.286. The molecule has 0 nitrogen and oxygen atoms in total. The molecule has 0 heteroatoms. The van der Waals surface area contributed by atoms with Crippen LogP contribution in [-0.2, 0) is 32.1 Å². The highest BCUT2D eigenvalue weighted by Gasteiger charge is 2.15. The zero-order valence-electron chi connectivity index (χ0n) is 17.4. The molecule has 0 bridgehead atoms. The van der Waals surface area contributed by atoms with E-state index in [0.717, 1.165) is 32.1 Å². The van der Waals surface area contributed by atoms with Gasteiger partial charge in [0.25, 0.3) is 0 Å². The van der Waals surface area contributed by atoms with Gasteiger partial charge in [-0.25, -0.2) is 0 Å². The average Bonchev–Trinajstić information content (AvgIpc) is 3.12. The Hall–Kier alpha value is -2.60. The summed E-state index contributed by atoms with van der Waals surface area (Å²) >= 11 is 0. The first kappa shape index (κ1) is 18.7. The fourth-order valence-electron chi connectivity index (χ4n) is 4.55. The second kappa shape index (κ2) is 8.19. The van der Waals surface area contributed by atoms with Gasteiger partial charge in [-0.05, 0) is 89.1 Å². The van der Waals surface area contributed by atoms with Crippen LogP contribution in [0.3, 0.4) is 0 Å². The van der Waals surface area contributed by atoms with Crippen LogP contribution < -0.4 is 0 Å². The van der Waals surface area contributed by atoms with Crippen LogP contribution in [0.4, 0.5) is 0 Å². The normalized spacial score (nSPS) is 12.8. The molecule has 0 saturated heterocycles. The van der Waals surface area contributed by atoms with E-state index in [1.807, 2.05) is 0 Å². The highest BCUT2D eigenvalue weighted by Crippen LogP contribution is 2.32. The van der Waals surface area contributed by atoms with Gasteiger partial charge in [-0.1, -0.05) is 80.6 Å². The zero-order valence-corrected chi connectivity index (χ0v) is 17.4. The van der Waals surface area contributed by atoms with Gasteiger partial charge in [-0.2, -0.15) is 0 Å². The third kappa shape index (κ3) is 3.83. The number of allylic oxidation sites excluding steroid dienone is 2. The molecule has 0 aliphatic heterocycles. The molecular weight excluding hydrogens is 336 g/mol. The van der Waals surface area contributed by atoms with Crippen molar-refractivity contribution in [3.63, 3.8) is 0 Å². The lowest BCUT2D eigenvalue weighted by molar-refractivity contribution is 1.02. The molecule has 0 aromatic heterocycles. The molecule has 0 spiro atoms. The monoisotopic (exact) mass is 366 g/mol. The summed E-state index contributed by atoms with van der Waals surface area (Å²) in [6, 6.07) is 22.9. The lowest BCUT2D eigenvalue weighted by atomic mass is 9.94. The van der Waals surface area contributed by atoms with Crippen LogP contribution in [0.5, 0.6) is 0 Å². The fourth-order valence-corrected chi connectivity index (χ4v) is 4.55. The van der Waals surface area contributed by atoms with Crippen LogP contribution in [0.1, 0.15) is 58.4 Å². The summed E-state index contributed by atoms with van der Waals surface area (Å²) in [5.74, 6) is 0. The van der Waals surface area contributed by atoms with E-state index in [1.54, 1.807) is 0 Å². The Balaban J connectivity index is 1.53. The van der Waals surface area contributed by atoms with Crippen LogP contribution in [0.15, 0.2) is 66.7 Å². The summed E-state index contributed by atoms with van der Waals surface area (Å²) in [5, 5.41) is 0. The summed E-state index contributed by atoms with van der Waals surface area (Å²) in [7, 11) is 0. The minimum absolute atomic E-state index is 1.01. The van der Waals surface area contributed by atoms with E-state index in [-0.39, 0.29) is 0 Å².